The van der Waals surface area contributed by atoms with E-state index in [2.05, 4.69) is 28.8 Å². The van der Waals surface area contributed by atoms with E-state index in [0.717, 1.165) is 49.9 Å². The number of nitrogens with one attached hydrogen (secondary N) is 2. The van der Waals surface area contributed by atoms with Gasteiger partial charge in [-0.1, -0.05) is 31.2 Å². The summed E-state index contributed by atoms with van der Waals surface area (Å²) in [6, 6.07) is 8.70. The molecular formula is C27H37N3O3. The molecule has 1 aromatic rings. The number of fused-ring (bicyclic) bond motifs is 2. The zero-order valence-corrected chi connectivity index (χ0v) is 19.6. The van der Waals surface area contributed by atoms with E-state index in [4.69, 9.17) is 0 Å². The maximum absolute atomic E-state index is 13.3. The molecule has 5 fully saturated rings. The molecule has 4 aliphatic carbocycles. The summed E-state index contributed by atoms with van der Waals surface area (Å²) in [7, 11) is 0. The highest BCUT2D eigenvalue weighted by Gasteiger charge is 2.49. The molecule has 6 nitrogen and oxygen atoms in total. The van der Waals surface area contributed by atoms with Gasteiger partial charge in [-0.05, 0) is 79.7 Å². The molecule has 33 heavy (non-hydrogen) atoms. The molecule has 1 aromatic carbocycles. The summed E-state index contributed by atoms with van der Waals surface area (Å²) in [6.45, 7) is 4.08. The minimum absolute atomic E-state index is 0.0231. The van der Waals surface area contributed by atoms with E-state index in [1.165, 1.54) is 37.7 Å². The topological polar surface area (TPSA) is 81.7 Å². The van der Waals surface area contributed by atoms with Gasteiger partial charge in [-0.25, -0.2) is 4.79 Å². The lowest BCUT2D eigenvalue weighted by Crippen LogP contribution is -2.60. The van der Waals surface area contributed by atoms with Gasteiger partial charge in [0.05, 0.1) is 5.92 Å². The lowest BCUT2D eigenvalue weighted by Gasteiger charge is -2.54. The van der Waals surface area contributed by atoms with Crippen molar-refractivity contribution in [3.63, 3.8) is 0 Å². The van der Waals surface area contributed by atoms with Crippen LogP contribution in [0.3, 0.4) is 0 Å². The average molecular weight is 452 g/mol. The first-order chi connectivity index (χ1) is 15.9. The van der Waals surface area contributed by atoms with Crippen LogP contribution in [0.2, 0.25) is 0 Å². The first-order valence-corrected chi connectivity index (χ1v) is 13.0. The van der Waals surface area contributed by atoms with Gasteiger partial charge in [-0.3, -0.25) is 4.79 Å². The normalized spacial score (nSPS) is 36.9. The number of rotatable bonds is 3. The highest BCUT2D eigenvalue weighted by atomic mass is 16.4. The Hall–Kier alpha value is -2.08. The van der Waals surface area contributed by atoms with Gasteiger partial charge in [0.15, 0.2) is 0 Å². The second-order valence-corrected chi connectivity index (χ2v) is 11.7. The Morgan fingerprint density at radius 3 is 2.33 bits per heavy atom. The predicted octanol–water partition coefficient (Wildman–Crippen LogP) is 3.92. The maximum Gasteiger partial charge on any atom is 0.317 e. The van der Waals surface area contributed by atoms with Crippen molar-refractivity contribution in [1.29, 1.82) is 0 Å². The van der Waals surface area contributed by atoms with Gasteiger partial charge < -0.3 is 20.6 Å². The number of urea groups is 1. The summed E-state index contributed by atoms with van der Waals surface area (Å²) in [6.07, 6.45) is 8.54. The fraction of sp³-hybridized carbons (Fsp3) is 0.704. The average Bonchev–Trinajstić information content (AvgIpc) is 2.81. The number of carbonyl (C=O) groups is 2. The molecule has 3 N–H and O–H groups in total. The van der Waals surface area contributed by atoms with Gasteiger partial charge in [0.2, 0.25) is 0 Å². The highest BCUT2D eigenvalue weighted by Crippen LogP contribution is 2.53. The number of benzene rings is 1. The van der Waals surface area contributed by atoms with Crippen LogP contribution >= 0.6 is 0 Å². The molecule has 4 bridgehead atoms. The molecule has 2 unspecified atom stereocenters. The first-order valence-electron chi connectivity index (χ1n) is 13.0. The number of likely N-dealkylation sites (tertiary alicyclic amines) is 1. The van der Waals surface area contributed by atoms with Crippen LogP contribution in [0.1, 0.15) is 69.0 Å². The number of piperidine rings is 1. The van der Waals surface area contributed by atoms with Crippen LogP contribution in [0.15, 0.2) is 24.3 Å². The molecule has 6 heteroatoms. The van der Waals surface area contributed by atoms with E-state index < -0.39 is 11.9 Å². The number of hydrogen-bond donors (Lipinski definition) is 3. The maximum atomic E-state index is 13.3. The van der Waals surface area contributed by atoms with Crippen molar-refractivity contribution in [3.05, 3.63) is 35.4 Å². The van der Waals surface area contributed by atoms with Crippen molar-refractivity contribution in [2.75, 3.05) is 19.6 Å². The Morgan fingerprint density at radius 2 is 1.70 bits per heavy atom. The van der Waals surface area contributed by atoms with E-state index in [1.807, 2.05) is 11.0 Å². The second-order valence-electron chi connectivity index (χ2n) is 11.7. The summed E-state index contributed by atoms with van der Waals surface area (Å²) in [5.41, 5.74) is 2.37. The van der Waals surface area contributed by atoms with Gasteiger partial charge in [-0.15, -0.1) is 0 Å². The van der Waals surface area contributed by atoms with Crippen LogP contribution in [-0.2, 0) is 10.2 Å². The van der Waals surface area contributed by atoms with E-state index in [-0.39, 0.29) is 17.5 Å². The Balaban J connectivity index is 1.13. The molecule has 6 aliphatic rings. The minimum atomic E-state index is -0.769. The lowest BCUT2D eigenvalue weighted by atomic mass is 9.54. The summed E-state index contributed by atoms with van der Waals surface area (Å²) >= 11 is 0. The van der Waals surface area contributed by atoms with E-state index in [1.54, 1.807) is 6.92 Å². The number of aliphatic carboxylic acids is 1. The monoisotopic (exact) mass is 451 g/mol. The summed E-state index contributed by atoms with van der Waals surface area (Å²) in [5.74, 6) is 1.99. The standard InChI is InChI=1S/C27H37N3O3/c1-16(25(31)32)23-21-4-2-3-5-22(21)27(15-28-23)6-8-30(9-7-27)26(33)29-24-19-11-17-10-18(13-19)14-20(24)12-17/h2-5,16-20,23-24,28H,6-15H2,1H3,(H,29,33)(H,31,32). The molecule has 2 amide bonds. The van der Waals surface area contributed by atoms with E-state index in [9.17, 15) is 14.7 Å². The van der Waals surface area contributed by atoms with Crippen molar-refractivity contribution in [3.8, 4) is 0 Å². The summed E-state index contributed by atoms with van der Waals surface area (Å²) in [5, 5.41) is 16.6. The smallest absolute Gasteiger partial charge is 0.317 e. The Labute approximate surface area is 196 Å². The third-order valence-corrected chi connectivity index (χ3v) is 9.94. The van der Waals surface area contributed by atoms with Crippen LogP contribution in [-0.4, -0.2) is 47.7 Å². The second kappa shape index (κ2) is 8.00. The number of hydrogen-bond acceptors (Lipinski definition) is 3. The molecule has 2 aliphatic heterocycles. The van der Waals surface area contributed by atoms with Crippen molar-refractivity contribution in [2.24, 2.45) is 29.6 Å². The third kappa shape index (κ3) is 3.56. The van der Waals surface area contributed by atoms with Crippen LogP contribution in [0.25, 0.3) is 0 Å². The van der Waals surface area contributed by atoms with Gasteiger partial charge in [0.25, 0.3) is 0 Å². The van der Waals surface area contributed by atoms with E-state index in [0.29, 0.717) is 17.9 Å². The van der Waals surface area contributed by atoms with Gasteiger partial charge in [0.1, 0.15) is 0 Å². The number of carboxylic acid groups (broad SMARTS) is 1. The Morgan fingerprint density at radius 1 is 1.06 bits per heavy atom. The zero-order chi connectivity index (χ0) is 22.7. The number of carbonyl (C=O) groups excluding carboxylic acids is 1. The fourth-order valence-corrected chi connectivity index (χ4v) is 8.33. The molecule has 178 valence electrons. The van der Waals surface area contributed by atoms with Gasteiger partial charge in [0, 0.05) is 37.1 Å². The van der Waals surface area contributed by atoms with Crippen molar-refractivity contribution >= 4 is 12.0 Å². The van der Waals surface area contributed by atoms with Crippen molar-refractivity contribution < 1.29 is 14.7 Å². The molecule has 2 atom stereocenters. The van der Waals surface area contributed by atoms with Crippen LogP contribution in [0.5, 0.6) is 0 Å². The predicted molar refractivity (Wildman–Crippen MR) is 126 cm³/mol. The lowest BCUT2D eigenvalue weighted by molar-refractivity contribution is -0.142. The highest BCUT2D eigenvalue weighted by molar-refractivity contribution is 5.75. The first kappa shape index (κ1) is 21.5. The van der Waals surface area contributed by atoms with Crippen LogP contribution in [0.4, 0.5) is 4.79 Å². The molecule has 0 radical (unpaired) electrons. The Kier molecular flexibility index (Phi) is 5.20. The number of amides is 2. The molecule has 1 spiro atoms. The number of nitrogens with zero attached hydrogens (tertiary/aromatic N) is 1. The number of carboxylic acids is 1. The van der Waals surface area contributed by atoms with Crippen molar-refractivity contribution in [2.45, 2.75) is 69.4 Å². The molecule has 4 saturated carbocycles. The summed E-state index contributed by atoms with van der Waals surface area (Å²) in [4.78, 5) is 26.9. The molecule has 2 heterocycles. The quantitative estimate of drug-likeness (QED) is 0.651. The SMILES string of the molecule is CC(C(=O)O)C1NCC2(CCN(C(=O)NC3C4CC5CC(C4)CC3C5)CC2)c2ccccc21. The molecule has 1 saturated heterocycles. The zero-order valence-electron chi connectivity index (χ0n) is 19.6. The fourth-order valence-electron chi connectivity index (χ4n) is 8.33. The minimum Gasteiger partial charge on any atom is -0.481 e. The molecule has 7 rings (SSSR count). The Bertz CT molecular complexity index is 910. The van der Waals surface area contributed by atoms with Crippen LogP contribution in [0, 0.1) is 29.6 Å². The molecule has 0 aromatic heterocycles. The van der Waals surface area contributed by atoms with E-state index >= 15 is 0 Å². The van der Waals surface area contributed by atoms with Gasteiger partial charge in [-0.2, -0.15) is 0 Å². The summed E-state index contributed by atoms with van der Waals surface area (Å²) < 4.78 is 0. The largest absolute Gasteiger partial charge is 0.481 e. The van der Waals surface area contributed by atoms with Crippen LogP contribution < -0.4 is 10.6 Å². The third-order valence-electron chi connectivity index (χ3n) is 9.94. The molecular weight excluding hydrogens is 414 g/mol. The van der Waals surface area contributed by atoms with Crippen molar-refractivity contribution in [1.82, 2.24) is 15.5 Å². The van der Waals surface area contributed by atoms with Gasteiger partial charge >= 0.3 is 12.0 Å².